The summed E-state index contributed by atoms with van der Waals surface area (Å²) in [6.45, 7) is 3.64. The fourth-order valence-electron chi connectivity index (χ4n) is 3.03. The fraction of sp³-hybridized carbons (Fsp3) is 0.412. The number of hydrogen-bond acceptors (Lipinski definition) is 6. The molecule has 0 spiro atoms. The minimum Gasteiger partial charge on any atom is -0.466 e. The van der Waals surface area contributed by atoms with E-state index >= 15 is 0 Å². The molecule has 0 atom stereocenters. The highest BCUT2D eigenvalue weighted by molar-refractivity contribution is 5.93. The van der Waals surface area contributed by atoms with E-state index < -0.39 is 0 Å². The zero-order valence-electron chi connectivity index (χ0n) is 13.0. The normalized spacial score (nSPS) is 15.4. The second kappa shape index (κ2) is 6.61. The van der Waals surface area contributed by atoms with Gasteiger partial charge in [-0.25, -0.2) is 0 Å². The van der Waals surface area contributed by atoms with Gasteiger partial charge in [0.05, 0.1) is 23.7 Å². The van der Waals surface area contributed by atoms with Crippen molar-refractivity contribution in [1.29, 1.82) is 5.26 Å². The minimum absolute atomic E-state index is 0.0576. The Balaban J connectivity index is 1.87. The van der Waals surface area contributed by atoms with Crippen LogP contribution in [0.5, 0.6) is 0 Å². The molecule has 2 aromatic rings. The molecule has 0 N–H and O–H groups in total. The van der Waals surface area contributed by atoms with Crippen LogP contribution in [0.3, 0.4) is 0 Å². The Bertz CT molecular complexity index is 761. The highest BCUT2D eigenvalue weighted by Gasteiger charge is 2.28. The molecule has 6 heteroatoms. The van der Waals surface area contributed by atoms with Crippen molar-refractivity contribution in [3.05, 3.63) is 30.0 Å². The number of esters is 1. The lowest BCUT2D eigenvalue weighted by atomic mass is 9.96. The Morgan fingerprint density at radius 3 is 2.78 bits per heavy atom. The van der Waals surface area contributed by atoms with Gasteiger partial charge in [-0.15, -0.1) is 10.2 Å². The molecule has 1 fully saturated rings. The number of benzene rings is 1. The van der Waals surface area contributed by atoms with Crippen LogP contribution in [-0.2, 0) is 9.53 Å². The topological polar surface area (TPSA) is 79.1 Å². The van der Waals surface area contributed by atoms with Crippen LogP contribution in [-0.4, -0.2) is 35.9 Å². The van der Waals surface area contributed by atoms with Crippen LogP contribution in [0.2, 0.25) is 0 Å². The number of ether oxygens (including phenoxy) is 1. The molecule has 0 amide bonds. The molecule has 1 aliphatic heterocycles. The summed E-state index contributed by atoms with van der Waals surface area (Å²) in [6.07, 6.45) is 1.45. The number of hydrogen-bond donors (Lipinski definition) is 0. The number of anilines is 1. The van der Waals surface area contributed by atoms with E-state index in [0.717, 1.165) is 29.4 Å². The standard InChI is InChI=1S/C17H18N4O2/c1-2-23-17(22)12-7-9-21(10-8-12)16-13-5-3-4-6-14(13)19-20-15(16)11-18/h3-6,12H,2,7-10H2,1H3. The van der Waals surface area contributed by atoms with Crippen LogP contribution < -0.4 is 4.90 Å². The Kier molecular flexibility index (Phi) is 4.38. The second-order valence-corrected chi connectivity index (χ2v) is 5.54. The van der Waals surface area contributed by atoms with Gasteiger partial charge >= 0.3 is 5.97 Å². The van der Waals surface area contributed by atoms with Crippen LogP contribution in [0.15, 0.2) is 24.3 Å². The molecule has 0 unspecified atom stereocenters. The lowest BCUT2D eigenvalue weighted by Crippen LogP contribution is -2.37. The molecule has 23 heavy (non-hydrogen) atoms. The minimum atomic E-state index is -0.120. The van der Waals surface area contributed by atoms with E-state index in [9.17, 15) is 10.1 Å². The summed E-state index contributed by atoms with van der Waals surface area (Å²) in [6, 6.07) is 9.81. The first-order valence-corrected chi connectivity index (χ1v) is 7.81. The number of carbonyl (C=O) groups excluding carboxylic acids is 1. The van der Waals surface area contributed by atoms with Crippen LogP contribution in [0.25, 0.3) is 10.9 Å². The SMILES string of the molecule is CCOC(=O)C1CCN(c2c(C#N)nnc3ccccc23)CC1. The molecule has 118 valence electrons. The number of nitrogens with zero attached hydrogens (tertiary/aromatic N) is 4. The molecular formula is C17H18N4O2. The highest BCUT2D eigenvalue weighted by Crippen LogP contribution is 2.31. The Hall–Kier alpha value is -2.68. The number of rotatable bonds is 3. The molecule has 0 radical (unpaired) electrons. The first-order chi connectivity index (χ1) is 11.2. The number of fused-ring (bicyclic) bond motifs is 1. The van der Waals surface area contributed by atoms with Gasteiger partial charge in [0.15, 0.2) is 5.69 Å². The highest BCUT2D eigenvalue weighted by atomic mass is 16.5. The van der Waals surface area contributed by atoms with Crippen molar-refractivity contribution in [2.24, 2.45) is 5.92 Å². The number of carbonyl (C=O) groups is 1. The average Bonchev–Trinajstić information content (AvgIpc) is 2.61. The van der Waals surface area contributed by atoms with Gasteiger partial charge in [-0.2, -0.15) is 5.26 Å². The van der Waals surface area contributed by atoms with E-state index in [2.05, 4.69) is 21.2 Å². The summed E-state index contributed by atoms with van der Waals surface area (Å²) in [4.78, 5) is 14.0. The van der Waals surface area contributed by atoms with E-state index in [1.807, 2.05) is 31.2 Å². The summed E-state index contributed by atoms with van der Waals surface area (Å²) in [5.41, 5.74) is 1.92. The van der Waals surface area contributed by atoms with Crippen molar-refractivity contribution in [1.82, 2.24) is 10.2 Å². The quantitative estimate of drug-likeness (QED) is 0.809. The van der Waals surface area contributed by atoms with Gasteiger partial charge in [0.1, 0.15) is 6.07 Å². The zero-order chi connectivity index (χ0) is 16.2. The van der Waals surface area contributed by atoms with E-state index in [4.69, 9.17) is 4.74 Å². The molecule has 1 saturated heterocycles. The third-order valence-electron chi connectivity index (χ3n) is 4.18. The third-order valence-corrected chi connectivity index (χ3v) is 4.18. The Morgan fingerprint density at radius 1 is 1.35 bits per heavy atom. The summed E-state index contributed by atoms with van der Waals surface area (Å²) in [5.74, 6) is -0.178. The van der Waals surface area contributed by atoms with Crippen molar-refractivity contribution >= 4 is 22.6 Å². The van der Waals surface area contributed by atoms with Crippen molar-refractivity contribution in [2.45, 2.75) is 19.8 Å². The van der Waals surface area contributed by atoms with Crippen LogP contribution in [0.4, 0.5) is 5.69 Å². The fourth-order valence-corrected chi connectivity index (χ4v) is 3.03. The summed E-state index contributed by atoms with van der Waals surface area (Å²) >= 11 is 0. The van der Waals surface area contributed by atoms with Gasteiger partial charge in [-0.3, -0.25) is 4.79 Å². The molecule has 1 aliphatic rings. The maximum Gasteiger partial charge on any atom is 0.309 e. The molecule has 2 heterocycles. The van der Waals surface area contributed by atoms with Gasteiger partial charge < -0.3 is 9.64 Å². The number of aromatic nitrogens is 2. The molecule has 3 rings (SSSR count). The van der Waals surface area contributed by atoms with E-state index in [1.165, 1.54) is 0 Å². The third kappa shape index (κ3) is 2.95. The van der Waals surface area contributed by atoms with Crippen LogP contribution in [0.1, 0.15) is 25.5 Å². The van der Waals surface area contributed by atoms with Gasteiger partial charge in [0.25, 0.3) is 0 Å². The Morgan fingerprint density at radius 2 is 2.09 bits per heavy atom. The molecule has 6 nitrogen and oxygen atoms in total. The largest absolute Gasteiger partial charge is 0.466 e. The maximum absolute atomic E-state index is 11.9. The van der Waals surface area contributed by atoms with Gasteiger partial charge in [0.2, 0.25) is 0 Å². The predicted molar refractivity (Wildman–Crippen MR) is 85.8 cm³/mol. The molecular weight excluding hydrogens is 292 g/mol. The van der Waals surface area contributed by atoms with Gasteiger partial charge in [0, 0.05) is 18.5 Å². The van der Waals surface area contributed by atoms with Crippen LogP contribution in [0, 0.1) is 17.2 Å². The van der Waals surface area contributed by atoms with E-state index in [-0.39, 0.29) is 11.9 Å². The van der Waals surface area contributed by atoms with E-state index in [1.54, 1.807) is 0 Å². The lowest BCUT2D eigenvalue weighted by Gasteiger charge is -2.33. The molecule has 0 saturated carbocycles. The summed E-state index contributed by atoms with van der Waals surface area (Å²) in [7, 11) is 0. The van der Waals surface area contributed by atoms with Gasteiger partial charge in [-0.05, 0) is 25.8 Å². The first-order valence-electron chi connectivity index (χ1n) is 7.81. The molecule has 0 aliphatic carbocycles. The molecule has 1 aromatic heterocycles. The number of nitriles is 1. The first kappa shape index (κ1) is 15.2. The second-order valence-electron chi connectivity index (χ2n) is 5.54. The van der Waals surface area contributed by atoms with Crippen molar-refractivity contribution < 1.29 is 9.53 Å². The monoisotopic (exact) mass is 310 g/mol. The van der Waals surface area contributed by atoms with Crippen molar-refractivity contribution in [3.8, 4) is 6.07 Å². The lowest BCUT2D eigenvalue weighted by molar-refractivity contribution is -0.148. The average molecular weight is 310 g/mol. The Labute approximate surface area is 134 Å². The van der Waals surface area contributed by atoms with Crippen molar-refractivity contribution in [3.63, 3.8) is 0 Å². The van der Waals surface area contributed by atoms with Gasteiger partial charge in [-0.1, -0.05) is 18.2 Å². The number of piperidine rings is 1. The predicted octanol–water partition coefficient (Wildman–Crippen LogP) is 2.28. The van der Waals surface area contributed by atoms with Crippen molar-refractivity contribution in [2.75, 3.05) is 24.6 Å². The maximum atomic E-state index is 11.9. The van der Waals surface area contributed by atoms with Crippen LogP contribution >= 0.6 is 0 Å². The molecule has 1 aromatic carbocycles. The van der Waals surface area contributed by atoms with E-state index in [0.29, 0.717) is 25.4 Å². The summed E-state index contributed by atoms with van der Waals surface area (Å²) < 4.78 is 5.11. The summed E-state index contributed by atoms with van der Waals surface area (Å²) in [5, 5.41) is 18.4. The molecule has 0 bridgehead atoms. The smallest absolute Gasteiger partial charge is 0.309 e. The zero-order valence-corrected chi connectivity index (χ0v) is 13.0.